The van der Waals surface area contributed by atoms with E-state index < -0.39 is 0 Å². The molecule has 0 bridgehead atoms. The van der Waals surface area contributed by atoms with Gasteiger partial charge in [0.1, 0.15) is 0 Å². The topological polar surface area (TPSA) is 62.5 Å². The van der Waals surface area contributed by atoms with E-state index in [9.17, 15) is 4.79 Å². The van der Waals surface area contributed by atoms with Crippen molar-refractivity contribution in [3.63, 3.8) is 0 Å². The van der Waals surface area contributed by atoms with Gasteiger partial charge in [-0.3, -0.25) is 9.20 Å². The van der Waals surface area contributed by atoms with Gasteiger partial charge in [0.2, 0.25) is 11.9 Å². The van der Waals surface area contributed by atoms with E-state index in [1.54, 1.807) is 0 Å². The number of aromatic nitrogens is 3. The molecule has 6 heteroatoms. The zero-order valence-corrected chi connectivity index (χ0v) is 14.9. The molecule has 0 radical (unpaired) electrons. The molecule has 26 heavy (non-hydrogen) atoms. The highest BCUT2D eigenvalue weighted by molar-refractivity contribution is 5.93. The van der Waals surface area contributed by atoms with Crippen LogP contribution in [0.25, 0.3) is 5.65 Å². The summed E-state index contributed by atoms with van der Waals surface area (Å²) in [6, 6.07) is 13.9. The predicted octanol–water partition coefficient (Wildman–Crippen LogP) is 3.15. The molecule has 134 valence electrons. The summed E-state index contributed by atoms with van der Waals surface area (Å²) in [5, 5.41) is 11.6. The molecule has 0 spiro atoms. The first-order valence-corrected chi connectivity index (χ1v) is 9.19. The fourth-order valence-electron chi connectivity index (χ4n) is 3.53. The van der Waals surface area contributed by atoms with Crippen LogP contribution in [-0.2, 0) is 11.2 Å². The van der Waals surface area contributed by atoms with Crippen molar-refractivity contribution in [2.75, 3.05) is 23.3 Å². The van der Waals surface area contributed by atoms with Crippen molar-refractivity contribution in [3.8, 4) is 0 Å². The molecule has 0 aliphatic carbocycles. The van der Waals surface area contributed by atoms with Gasteiger partial charge in [-0.1, -0.05) is 25.1 Å². The van der Waals surface area contributed by atoms with Gasteiger partial charge in [-0.05, 0) is 49.1 Å². The van der Waals surface area contributed by atoms with Crippen molar-refractivity contribution in [1.82, 2.24) is 14.6 Å². The first-order valence-electron chi connectivity index (χ1n) is 9.19. The molecule has 1 N–H and O–H groups in total. The molecular formula is C20H23N5O. The van der Waals surface area contributed by atoms with Gasteiger partial charge in [-0.2, -0.15) is 0 Å². The molecule has 3 heterocycles. The average Bonchev–Trinajstić information content (AvgIpc) is 3.12. The van der Waals surface area contributed by atoms with Gasteiger partial charge in [0.25, 0.3) is 0 Å². The van der Waals surface area contributed by atoms with Crippen LogP contribution in [0.15, 0.2) is 48.7 Å². The fraction of sp³-hybridized carbons (Fsp3) is 0.350. The molecular weight excluding hydrogens is 326 g/mol. The van der Waals surface area contributed by atoms with Gasteiger partial charge in [0, 0.05) is 25.0 Å². The van der Waals surface area contributed by atoms with Crippen molar-refractivity contribution in [1.29, 1.82) is 0 Å². The van der Waals surface area contributed by atoms with Crippen LogP contribution in [0.2, 0.25) is 0 Å². The van der Waals surface area contributed by atoms with Crippen molar-refractivity contribution in [2.24, 2.45) is 5.92 Å². The van der Waals surface area contributed by atoms with Crippen LogP contribution in [0.1, 0.15) is 25.3 Å². The number of hydrogen-bond donors (Lipinski definition) is 1. The third kappa shape index (κ3) is 3.27. The number of benzene rings is 1. The minimum atomic E-state index is -0.0508. The highest BCUT2D eigenvalue weighted by Gasteiger charge is 2.28. The fourth-order valence-corrected chi connectivity index (χ4v) is 3.53. The summed E-state index contributed by atoms with van der Waals surface area (Å²) in [7, 11) is 0. The van der Waals surface area contributed by atoms with E-state index >= 15 is 0 Å². The molecule has 1 amide bonds. The Hall–Kier alpha value is -2.89. The number of rotatable bonds is 4. The lowest BCUT2D eigenvalue weighted by Gasteiger charge is -2.32. The largest absolute Gasteiger partial charge is 0.340 e. The van der Waals surface area contributed by atoms with Crippen LogP contribution in [0.4, 0.5) is 11.6 Å². The van der Waals surface area contributed by atoms with Crippen LogP contribution in [-0.4, -0.2) is 33.6 Å². The van der Waals surface area contributed by atoms with E-state index in [0.717, 1.165) is 43.1 Å². The third-order valence-electron chi connectivity index (χ3n) is 4.97. The Morgan fingerprint density at radius 3 is 3.04 bits per heavy atom. The molecule has 2 aromatic heterocycles. The minimum absolute atomic E-state index is 0.0508. The zero-order chi connectivity index (χ0) is 17.9. The van der Waals surface area contributed by atoms with E-state index in [4.69, 9.17) is 0 Å². The number of aryl methyl sites for hydroxylation is 1. The van der Waals surface area contributed by atoms with Crippen LogP contribution in [0.5, 0.6) is 0 Å². The number of fused-ring (bicyclic) bond motifs is 1. The second-order valence-electron chi connectivity index (χ2n) is 6.76. The summed E-state index contributed by atoms with van der Waals surface area (Å²) >= 11 is 0. The number of piperidine rings is 1. The highest BCUT2D eigenvalue weighted by Crippen LogP contribution is 2.23. The first-order chi connectivity index (χ1) is 12.7. The van der Waals surface area contributed by atoms with Gasteiger partial charge in [0.15, 0.2) is 5.65 Å². The molecule has 1 atom stereocenters. The van der Waals surface area contributed by atoms with Crippen LogP contribution < -0.4 is 10.2 Å². The van der Waals surface area contributed by atoms with Crippen molar-refractivity contribution in [3.05, 3.63) is 54.2 Å². The molecule has 1 aromatic carbocycles. The molecule has 6 nitrogen and oxygen atoms in total. The summed E-state index contributed by atoms with van der Waals surface area (Å²) in [5.74, 6) is 0.841. The smallest absolute Gasteiger partial charge is 0.231 e. The van der Waals surface area contributed by atoms with Gasteiger partial charge < -0.3 is 10.2 Å². The van der Waals surface area contributed by atoms with Gasteiger partial charge >= 0.3 is 0 Å². The maximum Gasteiger partial charge on any atom is 0.231 e. The lowest BCUT2D eigenvalue weighted by Crippen LogP contribution is -2.41. The normalized spacial score (nSPS) is 17.4. The number of nitrogens with zero attached hydrogens (tertiary/aromatic N) is 4. The average molecular weight is 349 g/mol. The van der Waals surface area contributed by atoms with Gasteiger partial charge in [-0.15, -0.1) is 10.2 Å². The van der Waals surface area contributed by atoms with E-state index in [-0.39, 0.29) is 11.8 Å². The first kappa shape index (κ1) is 16.6. The van der Waals surface area contributed by atoms with E-state index in [1.165, 1.54) is 5.56 Å². The number of anilines is 2. The summed E-state index contributed by atoms with van der Waals surface area (Å²) in [4.78, 5) is 14.9. The summed E-state index contributed by atoms with van der Waals surface area (Å²) < 4.78 is 1.98. The monoisotopic (exact) mass is 349 g/mol. The maximum atomic E-state index is 12.8. The summed E-state index contributed by atoms with van der Waals surface area (Å²) in [6.07, 6.45) is 4.78. The van der Waals surface area contributed by atoms with Crippen LogP contribution in [0, 0.1) is 5.92 Å². The predicted molar refractivity (Wildman–Crippen MR) is 102 cm³/mol. The van der Waals surface area contributed by atoms with Crippen molar-refractivity contribution in [2.45, 2.75) is 26.2 Å². The zero-order valence-electron chi connectivity index (χ0n) is 14.9. The van der Waals surface area contributed by atoms with Crippen LogP contribution in [0.3, 0.4) is 0 Å². The molecule has 1 saturated heterocycles. The number of pyridine rings is 1. The Morgan fingerprint density at radius 2 is 2.15 bits per heavy atom. The van der Waals surface area contributed by atoms with Crippen molar-refractivity contribution >= 4 is 23.2 Å². The second-order valence-corrected chi connectivity index (χ2v) is 6.76. The quantitative estimate of drug-likeness (QED) is 0.786. The maximum absolute atomic E-state index is 12.8. The second kappa shape index (κ2) is 7.15. The Kier molecular flexibility index (Phi) is 4.56. The lowest BCUT2D eigenvalue weighted by atomic mass is 9.97. The number of hydrogen-bond acceptors (Lipinski definition) is 4. The molecule has 0 unspecified atom stereocenters. The van der Waals surface area contributed by atoms with E-state index in [2.05, 4.69) is 33.4 Å². The molecule has 3 aromatic rings. The number of amides is 1. The Morgan fingerprint density at radius 1 is 1.23 bits per heavy atom. The molecule has 1 fully saturated rings. The molecule has 1 aliphatic heterocycles. The van der Waals surface area contributed by atoms with E-state index in [1.807, 2.05) is 47.0 Å². The van der Waals surface area contributed by atoms with E-state index in [0.29, 0.717) is 6.54 Å². The molecule has 0 saturated carbocycles. The molecule has 1 aliphatic rings. The number of carbonyl (C=O) groups excluding carboxylic acids is 1. The van der Waals surface area contributed by atoms with Crippen LogP contribution >= 0.6 is 0 Å². The number of nitrogens with one attached hydrogen (secondary N) is 1. The lowest BCUT2D eigenvalue weighted by molar-refractivity contribution is -0.120. The Labute approximate surface area is 152 Å². The van der Waals surface area contributed by atoms with Gasteiger partial charge in [0.05, 0.1) is 5.92 Å². The standard InChI is InChI=1S/C20H23N5O/c1-2-15-7-5-9-17(13-15)21-19(26)16-8-6-11-24(14-16)20-23-22-18-10-3-4-12-25(18)20/h3-5,7,9-10,12-13,16H,2,6,8,11,14H2,1H3,(H,21,26)/t16-/m1/s1. The van der Waals surface area contributed by atoms with Crippen molar-refractivity contribution < 1.29 is 4.79 Å². The SMILES string of the molecule is CCc1cccc(NC(=O)[C@@H]2CCCN(c3nnc4ccccn34)C2)c1. The van der Waals surface area contributed by atoms with Gasteiger partial charge in [-0.25, -0.2) is 0 Å². The third-order valence-corrected chi connectivity index (χ3v) is 4.97. The summed E-state index contributed by atoms with van der Waals surface area (Å²) in [5.41, 5.74) is 2.92. The molecule has 4 rings (SSSR count). The Bertz CT molecular complexity index is 919. The minimum Gasteiger partial charge on any atom is -0.340 e. The highest BCUT2D eigenvalue weighted by atomic mass is 16.1. The Balaban J connectivity index is 1.48. The number of carbonyl (C=O) groups is 1. The summed E-state index contributed by atoms with van der Waals surface area (Å²) in [6.45, 7) is 3.67.